The highest BCUT2D eigenvalue weighted by Gasteiger charge is 2.42. The molecule has 1 N–H and O–H groups in total. The first kappa shape index (κ1) is 18.0. The molecule has 24 heavy (non-hydrogen) atoms. The van der Waals surface area contributed by atoms with Gasteiger partial charge in [-0.25, -0.2) is 0 Å². The standard InChI is InChI=1S/C18H24N2O4/c1-12(21)15-16(13-7-5-8-14(11-13)24-4)20(18(23)17(15)22)10-6-9-19(2)3/h5,7-8,11,16,22H,6,9-10H2,1-4H3/t16-/m1/s1. The van der Waals surface area contributed by atoms with Crippen LogP contribution < -0.4 is 4.74 Å². The molecule has 0 spiro atoms. The van der Waals surface area contributed by atoms with Crippen LogP contribution in [0.25, 0.3) is 0 Å². The van der Waals surface area contributed by atoms with Crippen molar-refractivity contribution >= 4 is 11.7 Å². The van der Waals surface area contributed by atoms with Crippen molar-refractivity contribution in [2.75, 3.05) is 34.3 Å². The Morgan fingerprint density at radius 3 is 2.67 bits per heavy atom. The average Bonchev–Trinajstić information content (AvgIpc) is 2.79. The van der Waals surface area contributed by atoms with Crippen molar-refractivity contribution in [3.05, 3.63) is 41.2 Å². The Bertz CT molecular complexity index is 667. The summed E-state index contributed by atoms with van der Waals surface area (Å²) in [5.74, 6) is -0.599. The largest absolute Gasteiger partial charge is 0.503 e. The predicted octanol–water partition coefficient (Wildman–Crippen LogP) is 1.93. The second-order valence-corrected chi connectivity index (χ2v) is 6.15. The molecule has 0 aliphatic carbocycles. The number of benzene rings is 1. The number of rotatable bonds is 7. The lowest BCUT2D eigenvalue weighted by molar-refractivity contribution is -0.129. The van der Waals surface area contributed by atoms with E-state index in [1.54, 1.807) is 24.1 Å². The molecule has 1 aliphatic heterocycles. The second-order valence-electron chi connectivity index (χ2n) is 6.15. The third kappa shape index (κ3) is 3.59. The third-order valence-corrected chi connectivity index (χ3v) is 4.10. The minimum Gasteiger partial charge on any atom is -0.503 e. The number of hydrogen-bond acceptors (Lipinski definition) is 5. The van der Waals surface area contributed by atoms with Gasteiger partial charge in [0.2, 0.25) is 0 Å². The van der Waals surface area contributed by atoms with E-state index in [2.05, 4.69) is 0 Å². The van der Waals surface area contributed by atoms with E-state index in [0.717, 1.165) is 18.5 Å². The van der Waals surface area contributed by atoms with Gasteiger partial charge in [-0.1, -0.05) is 12.1 Å². The normalized spacial score (nSPS) is 17.8. The molecule has 1 aromatic carbocycles. The quantitative estimate of drug-likeness (QED) is 0.826. The SMILES string of the molecule is COc1cccc([C@@H]2C(C(C)=O)=C(O)C(=O)N2CCCN(C)C)c1. The lowest BCUT2D eigenvalue weighted by Gasteiger charge is -2.27. The Morgan fingerprint density at radius 1 is 1.38 bits per heavy atom. The number of methoxy groups -OCH3 is 1. The number of aliphatic hydroxyl groups excluding tert-OH is 1. The maximum Gasteiger partial charge on any atom is 0.290 e. The molecule has 6 heteroatoms. The van der Waals surface area contributed by atoms with E-state index >= 15 is 0 Å². The summed E-state index contributed by atoms with van der Waals surface area (Å²) < 4.78 is 5.24. The Kier molecular flexibility index (Phi) is 5.62. The van der Waals surface area contributed by atoms with Gasteiger partial charge in [0.15, 0.2) is 11.5 Å². The van der Waals surface area contributed by atoms with Crippen LogP contribution in [-0.2, 0) is 9.59 Å². The lowest BCUT2D eigenvalue weighted by atomic mass is 9.96. The zero-order valence-electron chi connectivity index (χ0n) is 14.6. The molecule has 0 saturated heterocycles. The monoisotopic (exact) mass is 332 g/mol. The van der Waals surface area contributed by atoms with Crippen molar-refractivity contribution < 1.29 is 19.4 Å². The van der Waals surface area contributed by atoms with Crippen LogP contribution in [0.4, 0.5) is 0 Å². The van der Waals surface area contributed by atoms with E-state index in [1.807, 2.05) is 31.1 Å². The molecule has 1 amide bonds. The van der Waals surface area contributed by atoms with Gasteiger partial charge in [-0.2, -0.15) is 0 Å². The summed E-state index contributed by atoms with van der Waals surface area (Å²) in [5, 5.41) is 10.2. The fourth-order valence-corrected chi connectivity index (χ4v) is 2.96. The number of Topliss-reactive ketones (excluding diaryl/α,β-unsaturated/α-hetero) is 1. The number of ether oxygens (including phenoxy) is 1. The molecule has 0 saturated carbocycles. The molecule has 0 unspecified atom stereocenters. The number of carbonyl (C=O) groups excluding carboxylic acids is 2. The maximum absolute atomic E-state index is 12.5. The first-order valence-electron chi connectivity index (χ1n) is 7.90. The molecule has 0 bridgehead atoms. The average molecular weight is 332 g/mol. The predicted molar refractivity (Wildman–Crippen MR) is 91.0 cm³/mol. The minimum absolute atomic E-state index is 0.151. The van der Waals surface area contributed by atoms with Gasteiger partial charge in [0.25, 0.3) is 5.91 Å². The number of amides is 1. The van der Waals surface area contributed by atoms with Crippen LogP contribution in [0.15, 0.2) is 35.6 Å². The third-order valence-electron chi connectivity index (χ3n) is 4.10. The molecule has 1 aliphatic rings. The van der Waals surface area contributed by atoms with Crippen molar-refractivity contribution in [3.8, 4) is 5.75 Å². The van der Waals surface area contributed by atoms with Crippen molar-refractivity contribution in [1.82, 2.24) is 9.80 Å². The highest BCUT2D eigenvalue weighted by molar-refractivity contribution is 6.08. The lowest BCUT2D eigenvalue weighted by Crippen LogP contribution is -2.33. The molecule has 0 aromatic heterocycles. The van der Waals surface area contributed by atoms with E-state index < -0.39 is 17.7 Å². The Hall–Kier alpha value is -2.34. The van der Waals surface area contributed by atoms with Gasteiger partial charge in [-0.05, 0) is 51.7 Å². The molecule has 0 radical (unpaired) electrons. The summed E-state index contributed by atoms with van der Waals surface area (Å²) >= 11 is 0. The molecular weight excluding hydrogens is 308 g/mol. The van der Waals surface area contributed by atoms with Crippen LogP contribution in [0.5, 0.6) is 5.75 Å². The molecule has 1 aromatic rings. The highest BCUT2D eigenvalue weighted by Crippen LogP contribution is 2.38. The van der Waals surface area contributed by atoms with Crippen LogP contribution in [0.3, 0.4) is 0 Å². The highest BCUT2D eigenvalue weighted by atomic mass is 16.5. The smallest absolute Gasteiger partial charge is 0.290 e. The van der Waals surface area contributed by atoms with Crippen LogP contribution in [0.1, 0.15) is 24.9 Å². The molecule has 130 valence electrons. The Morgan fingerprint density at radius 2 is 2.08 bits per heavy atom. The van der Waals surface area contributed by atoms with Crippen molar-refractivity contribution in [3.63, 3.8) is 0 Å². The Labute approximate surface area is 142 Å². The summed E-state index contributed by atoms with van der Waals surface area (Å²) in [6.07, 6.45) is 0.748. The number of ketones is 1. The van der Waals surface area contributed by atoms with Crippen molar-refractivity contribution in [2.24, 2.45) is 0 Å². The molecule has 1 heterocycles. The topological polar surface area (TPSA) is 70.1 Å². The molecule has 1 atom stereocenters. The molecule has 2 rings (SSSR count). The van der Waals surface area contributed by atoms with E-state index in [0.29, 0.717) is 12.3 Å². The summed E-state index contributed by atoms with van der Waals surface area (Å²) in [7, 11) is 5.48. The van der Waals surface area contributed by atoms with Gasteiger partial charge in [0, 0.05) is 6.54 Å². The summed E-state index contributed by atoms with van der Waals surface area (Å²) in [6, 6.07) is 6.66. The maximum atomic E-state index is 12.5. The van der Waals surface area contributed by atoms with Gasteiger partial charge >= 0.3 is 0 Å². The van der Waals surface area contributed by atoms with Gasteiger partial charge < -0.3 is 19.6 Å². The van der Waals surface area contributed by atoms with E-state index in [4.69, 9.17) is 4.74 Å². The summed E-state index contributed by atoms with van der Waals surface area (Å²) in [4.78, 5) is 28.1. The van der Waals surface area contributed by atoms with Crippen LogP contribution in [0, 0.1) is 0 Å². The first-order chi connectivity index (χ1) is 11.4. The number of aliphatic hydroxyl groups is 1. The van der Waals surface area contributed by atoms with Crippen molar-refractivity contribution in [1.29, 1.82) is 0 Å². The zero-order chi connectivity index (χ0) is 17.9. The number of carbonyl (C=O) groups is 2. The van der Waals surface area contributed by atoms with Gasteiger partial charge in [-0.3, -0.25) is 9.59 Å². The summed E-state index contributed by atoms with van der Waals surface area (Å²) in [5.41, 5.74) is 0.903. The first-order valence-corrected chi connectivity index (χ1v) is 7.90. The fraction of sp³-hybridized carbons (Fsp3) is 0.444. The number of nitrogens with zero attached hydrogens (tertiary/aromatic N) is 2. The Balaban J connectivity index is 2.38. The minimum atomic E-state index is -0.577. The molecule has 6 nitrogen and oxygen atoms in total. The zero-order valence-corrected chi connectivity index (χ0v) is 14.6. The van der Waals surface area contributed by atoms with Crippen molar-refractivity contribution in [2.45, 2.75) is 19.4 Å². The van der Waals surface area contributed by atoms with E-state index in [-0.39, 0.29) is 11.4 Å². The van der Waals surface area contributed by atoms with E-state index in [9.17, 15) is 14.7 Å². The van der Waals surface area contributed by atoms with Gasteiger partial charge in [-0.15, -0.1) is 0 Å². The molecule has 0 fully saturated rings. The summed E-state index contributed by atoms with van der Waals surface area (Å²) in [6.45, 7) is 2.64. The van der Waals surface area contributed by atoms with Crippen LogP contribution in [-0.4, -0.2) is 60.9 Å². The number of hydrogen-bond donors (Lipinski definition) is 1. The molecular formula is C18H24N2O4. The fourth-order valence-electron chi connectivity index (χ4n) is 2.96. The van der Waals surface area contributed by atoms with Crippen LogP contribution in [0.2, 0.25) is 0 Å². The van der Waals surface area contributed by atoms with Crippen LogP contribution >= 0.6 is 0 Å². The van der Waals surface area contributed by atoms with Gasteiger partial charge in [0.1, 0.15) is 5.75 Å². The van der Waals surface area contributed by atoms with E-state index in [1.165, 1.54) is 6.92 Å². The second kappa shape index (κ2) is 7.49. The van der Waals surface area contributed by atoms with Gasteiger partial charge in [0.05, 0.1) is 18.7 Å².